The Morgan fingerprint density at radius 1 is 0.615 bits per heavy atom. The first-order valence-electron chi connectivity index (χ1n) is 10.3. The van der Waals surface area contributed by atoms with Crippen LogP contribution in [0.15, 0.2) is 48.6 Å². The van der Waals surface area contributed by atoms with Crippen molar-refractivity contribution in [3.8, 4) is 0 Å². The molecule has 3 nitrogen and oxygen atoms in total. The molecule has 0 amide bonds. The zero-order valence-corrected chi connectivity index (χ0v) is 16.6. The maximum absolute atomic E-state index is 9.51. The molecule has 3 heteroatoms. The Morgan fingerprint density at radius 2 is 1.08 bits per heavy atom. The van der Waals surface area contributed by atoms with Gasteiger partial charge in [-0.1, -0.05) is 74.8 Å². The second kappa shape index (κ2) is 20.2. The van der Waals surface area contributed by atoms with E-state index >= 15 is 0 Å². The molecule has 26 heavy (non-hydrogen) atoms. The highest BCUT2D eigenvalue weighted by Crippen LogP contribution is 2.07. The molecule has 0 aromatic carbocycles. The monoisotopic (exact) mass is 364 g/mol. The molecule has 150 valence electrons. The van der Waals surface area contributed by atoms with Crippen molar-refractivity contribution >= 4 is 0 Å². The number of rotatable bonds is 17. The first kappa shape index (κ1) is 24.8. The molecule has 0 aromatic rings. The summed E-state index contributed by atoms with van der Waals surface area (Å²) in [6.45, 7) is 1.86. The third-order valence-electron chi connectivity index (χ3n) is 4.21. The van der Waals surface area contributed by atoms with Crippen molar-refractivity contribution in [1.29, 1.82) is 0 Å². The minimum Gasteiger partial charge on any atom is -0.394 e. The molecule has 0 spiro atoms. The van der Waals surface area contributed by atoms with Crippen molar-refractivity contribution < 1.29 is 15.3 Å². The Morgan fingerprint density at radius 3 is 1.54 bits per heavy atom. The molecule has 0 aromatic heterocycles. The quantitative estimate of drug-likeness (QED) is 0.244. The summed E-state index contributed by atoms with van der Waals surface area (Å²) in [7, 11) is 0. The van der Waals surface area contributed by atoms with Gasteiger partial charge in [0.05, 0.1) is 12.7 Å². The lowest BCUT2D eigenvalue weighted by Gasteiger charge is -2.14. The normalized spacial score (nSPS) is 15.1. The summed E-state index contributed by atoms with van der Waals surface area (Å²) < 4.78 is 0. The molecule has 0 saturated heterocycles. The Kier molecular flexibility index (Phi) is 19.3. The van der Waals surface area contributed by atoms with E-state index in [0.29, 0.717) is 6.42 Å². The summed E-state index contributed by atoms with van der Waals surface area (Å²) in [5.41, 5.74) is 0. The molecule has 0 aliphatic heterocycles. The second-order valence-corrected chi connectivity index (χ2v) is 6.69. The van der Waals surface area contributed by atoms with Gasteiger partial charge in [-0.25, -0.2) is 0 Å². The van der Waals surface area contributed by atoms with Gasteiger partial charge in [-0.2, -0.15) is 0 Å². The summed E-state index contributed by atoms with van der Waals surface area (Å²) in [6.07, 6.45) is 27.3. The number of aliphatic hydroxyl groups excluding tert-OH is 3. The number of hydrogen-bond donors (Lipinski definition) is 3. The van der Waals surface area contributed by atoms with Crippen LogP contribution >= 0.6 is 0 Å². The van der Waals surface area contributed by atoms with E-state index in [1.165, 1.54) is 25.7 Å². The third-order valence-corrected chi connectivity index (χ3v) is 4.21. The average Bonchev–Trinajstić information content (AvgIpc) is 2.66. The first-order chi connectivity index (χ1) is 12.7. The van der Waals surface area contributed by atoms with Crippen molar-refractivity contribution in [3.63, 3.8) is 0 Å². The second-order valence-electron chi connectivity index (χ2n) is 6.69. The fourth-order valence-electron chi connectivity index (χ4n) is 2.49. The van der Waals surface area contributed by atoms with Crippen molar-refractivity contribution in [1.82, 2.24) is 0 Å². The number of unbranched alkanes of at least 4 members (excludes halogenated alkanes) is 5. The Bertz CT molecular complexity index is 396. The molecule has 0 heterocycles. The zero-order valence-electron chi connectivity index (χ0n) is 16.6. The Labute approximate surface area is 160 Å². The van der Waals surface area contributed by atoms with Crippen LogP contribution in [0.2, 0.25) is 0 Å². The highest BCUT2D eigenvalue weighted by Gasteiger charge is 2.13. The van der Waals surface area contributed by atoms with E-state index < -0.39 is 12.2 Å². The van der Waals surface area contributed by atoms with Crippen LogP contribution in [-0.2, 0) is 0 Å². The predicted octanol–water partition coefficient (Wildman–Crippen LogP) is 5.24. The lowest BCUT2D eigenvalue weighted by molar-refractivity contribution is -0.0184. The van der Waals surface area contributed by atoms with Gasteiger partial charge in [0, 0.05) is 0 Å². The van der Waals surface area contributed by atoms with Crippen LogP contribution in [0.1, 0.15) is 77.6 Å². The van der Waals surface area contributed by atoms with Gasteiger partial charge >= 0.3 is 0 Å². The molecular weight excluding hydrogens is 324 g/mol. The van der Waals surface area contributed by atoms with E-state index in [-0.39, 0.29) is 6.61 Å². The van der Waals surface area contributed by atoms with E-state index in [4.69, 9.17) is 5.11 Å². The highest BCUT2D eigenvalue weighted by atomic mass is 16.4. The standard InChI is InChI=1S/C23H40O3/c1-2-3-4-5-6-7-8-9-10-11-12-13-14-15-16-17-18-19-20-22(25)23(26)21-24/h6-7,9-10,12-13,15-16,22-26H,2-5,8,11,14,17-21H2,1H3/b7-6-,10-9-,13-12-,16-15-. The van der Waals surface area contributed by atoms with Gasteiger partial charge in [-0.3, -0.25) is 0 Å². The molecule has 0 saturated carbocycles. The van der Waals surface area contributed by atoms with E-state index in [0.717, 1.165) is 38.5 Å². The third kappa shape index (κ3) is 17.7. The van der Waals surface area contributed by atoms with Crippen LogP contribution in [0.5, 0.6) is 0 Å². The number of allylic oxidation sites excluding steroid dienone is 8. The van der Waals surface area contributed by atoms with Crippen LogP contribution in [-0.4, -0.2) is 34.1 Å². The van der Waals surface area contributed by atoms with Crippen LogP contribution in [0, 0.1) is 0 Å². The summed E-state index contributed by atoms with van der Waals surface area (Å²) >= 11 is 0. The smallest absolute Gasteiger partial charge is 0.103 e. The number of hydrogen-bond acceptors (Lipinski definition) is 3. The van der Waals surface area contributed by atoms with Crippen molar-refractivity contribution in [2.75, 3.05) is 6.61 Å². The molecule has 2 atom stereocenters. The fourth-order valence-corrected chi connectivity index (χ4v) is 2.49. The Hall–Kier alpha value is -1.16. The predicted molar refractivity (Wildman–Crippen MR) is 112 cm³/mol. The molecule has 0 rings (SSSR count). The van der Waals surface area contributed by atoms with Crippen LogP contribution < -0.4 is 0 Å². The van der Waals surface area contributed by atoms with E-state index in [1.54, 1.807) is 0 Å². The van der Waals surface area contributed by atoms with Gasteiger partial charge in [0.25, 0.3) is 0 Å². The minimum atomic E-state index is -1.01. The van der Waals surface area contributed by atoms with E-state index in [2.05, 4.69) is 55.5 Å². The fraction of sp³-hybridized carbons (Fsp3) is 0.652. The molecular formula is C23H40O3. The molecule has 2 unspecified atom stereocenters. The first-order valence-corrected chi connectivity index (χ1v) is 10.3. The summed E-state index contributed by atoms with van der Waals surface area (Å²) in [6, 6.07) is 0. The average molecular weight is 365 g/mol. The Balaban J connectivity index is 3.46. The largest absolute Gasteiger partial charge is 0.394 e. The van der Waals surface area contributed by atoms with Gasteiger partial charge < -0.3 is 15.3 Å². The maximum Gasteiger partial charge on any atom is 0.103 e. The van der Waals surface area contributed by atoms with Crippen molar-refractivity contribution in [2.24, 2.45) is 0 Å². The van der Waals surface area contributed by atoms with Crippen LogP contribution in [0.4, 0.5) is 0 Å². The van der Waals surface area contributed by atoms with Crippen molar-refractivity contribution in [3.05, 3.63) is 48.6 Å². The lowest BCUT2D eigenvalue weighted by Crippen LogP contribution is -2.28. The van der Waals surface area contributed by atoms with Gasteiger partial charge in [0.2, 0.25) is 0 Å². The summed E-state index contributed by atoms with van der Waals surface area (Å²) in [5, 5.41) is 27.5. The summed E-state index contributed by atoms with van der Waals surface area (Å²) in [4.78, 5) is 0. The molecule has 0 aliphatic rings. The van der Waals surface area contributed by atoms with Crippen LogP contribution in [0.25, 0.3) is 0 Å². The molecule has 0 radical (unpaired) electrons. The molecule has 0 aliphatic carbocycles. The topological polar surface area (TPSA) is 60.7 Å². The maximum atomic E-state index is 9.51. The SMILES string of the molecule is CCCCC/C=C\C/C=C\C/C=C\C/C=C\CCCCC(O)C(O)CO. The van der Waals surface area contributed by atoms with Gasteiger partial charge in [-0.05, 0) is 51.4 Å². The number of aliphatic hydroxyl groups is 3. The molecule has 0 bridgehead atoms. The molecule has 0 fully saturated rings. The van der Waals surface area contributed by atoms with E-state index in [9.17, 15) is 10.2 Å². The summed E-state index contributed by atoms with van der Waals surface area (Å²) in [5.74, 6) is 0. The van der Waals surface area contributed by atoms with E-state index in [1.807, 2.05) is 0 Å². The molecule has 3 N–H and O–H groups in total. The highest BCUT2D eigenvalue weighted by molar-refractivity contribution is 4.99. The van der Waals surface area contributed by atoms with Gasteiger partial charge in [0.1, 0.15) is 6.10 Å². The van der Waals surface area contributed by atoms with Gasteiger partial charge in [-0.15, -0.1) is 0 Å². The lowest BCUT2D eigenvalue weighted by atomic mass is 10.1. The minimum absolute atomic E-state index is 0.377. The van der Waals surface area contributed by atoms with Crippen molar-refractivity contribution in [2.45, 2.75) is 89.8 Å². The van der Waals surface area contributed by atoms with Crippen LogP contribution in [0.3, 0.4) is 0 Å². The van der Waals surface area contributed by atoms with Gasteiger partial charge in [0.15, 0.2) is 0 Å². The zero-order chi connectivity index (χ0) is 19.3.